The molecule has 2 fully saturated rings. The van der Waals surface area contributed by atoms with E-state index in [1.165, 1.54) is 12.4 Å². The van der Waals surface area contributed by atoms with Gasteiger partial charge in [0.2, 0.25) is 5.91 Å². The molecule has 0 spiro atoms. The van der Waals surface area contributed by atoms with Crippen molar-refractivity contribution in [1.29, 1.82) is 0 Å². The number of aromatic nitrogens is 4. The molecule has 3 heterocycles. The smallest absolute Gasteiger partial charge is 0.276 e. The molecule has 0 aromatic carbocycles. The Kier molecular flexibility index (Phi) is 6.69. The molecule has 2 amide bonds. The zero-order chi connectivity index (χ0) is 24.4. The summed E-state index contributed by atoms with van der Waals surface area (Å²) < 4.78 is 1.57. The standard InChI is InChI=1S/C23H28ClN9O2/c24-19-9-16(7-8-26-19)31-23(35)18-12-27-22-17(28-13-1-2-13)10-20(32-33(18)22)29-14-3-5-15(6-4-14)30-21(34)11-25/h7-10,12-15,28H,1-6,11,25H2,(H,29,32)(H,30,34)(H,26,31,35). The van der Waals surface area contributed by atoms with Gasteiger partial charge in [-0.1, -0.05) is 11.6 Å². The van der Waals surface area contributed by atoms with Gasteiger partial charge in [0.1, 0.15) is 11.0 Å². The number of imidazole rings is 1. The number of carbonyl (C=O) groups excluding carboxylic acids is 2. The van der Waals surface area contributed by atoms with Crippen molar-refractivity contribution in [2.45, 2.75) is 56.7 Å². The van der Waals surface area contributed by atoms with Crippen LogP contribution in [0.3, 0.4) is 0 Å². The van der Waals surface area contributed by atoms with Crippen LogP contribution in [0.4, 0.5) is 17.2 Å². The van der Waals surface area contributed by atoms with Crippen molar-refractivity contribution >= 4 is 46.3 Å². The molecule has 2 aliphatic rings. The monoisotopic (exact) mass is 497 g/mol. The maximum Gasteiger partial charge on any atom is 0.276 e. The summed E-state index contributed by atoms with van der Waals surface area (Å²) in [5.41, 5.74) is 7.68. The van der Waals surface area contributed by atoms with E-state index in [1.807, 2.05) is 6.07 Å². The molecule has 0 bridgehead atoms. The molecule has 3 aromatic heterocycles. The molecule has 0 aliphatic heterocycles. The molecule has 0 unspecified atom stereocenters. The maximum absolute atomic E-state index is 13.0. The van der Waals surface area contributed by atoms with Crippen molar-refractivity contribution in [3.8, 4) is 0 Å². The van der Waals surface area contributed by atoms with Crippen molar-refractivity contribution in [3.05, 3.63) is 41.4 Å². The number of pyridine rings is 1. The van der Waals surface area contributed by atoms with Crippen molar-refractivity contribution in [3.63, 3.8) is 0 Å². The quantitative estimate of drug-likeness (QED) is 0.297. The first-order chi connectivity index (χ1) is 17.0. The number of anilines is 3. The Balaban J connectivity index is 1.35. The zero-order valence-electron chi connectivity index (χ0n) is 19.1. The van der Waals surface area contributed by atoms with Crippen LogP contribution in [0.1, 0.15) is 49.0 Å². The Morgan fingerprint density at radius 2 is 1.74 bits per heavy atom. The zero-order valence-corrected chi connectivity index (χ0v) is 19.9. The summed E-state index contributed by atoms with van der Waals surface area (Å²) in [6.45, 7) is 0.00784. The summed E-state index contributed by atoms with van der Waals surface area (Å²) in [6, 6.07) is 5.96. The highest BCUT2D eigenvalue weighted by atomic mass is 35.5. The van der Waals surface area contributed by atoms with E-state index in [2.05, 4.69) is 31.2 Å². The van der Waals surface area contributed by atoms with E-state index in [0.717, 1.165) is 44.2 Å². The highest BCUT2D eigenvalue weighted by Crippen LogP contribution is 2.30. The van der Waals surface area contributed by atoms with E-state index >= 15 is 0 Å². The van der Waals surface area contributed by atoms with Crippen molar-refractivity contribution in [1.82, 2.24) is 24.9 Å². The van der Waals surface area contributed by atoms with Gasteiger partial charge in [-0.2, -0.15) is 0 Å². The predicted octanol–water partition coefficient (Wildman–Crippen LogP) is 2.40. The molecule has 12 heteroatoms. The molecule has 5 rings (SSSR count). The Bertz CT molecular complexity index is 1230. The van der Waals surface area contributed by atoms with Crippen molar-refractivity contribution in [2.24, 2.45) is 5.73 Å². The van der Waals surface area contributed by atoms with Gasteiger partial charge in [0, 0.05) is 36.1 Å². The van der Waals surface area contributed by atoms with Crippen LogP contribution in [-0.4, -0.2) is 56.1 Å². The molecule has 3 aromatic rings. The number of amides is 2. The van der Waals surface area contributed by atoms with Gasteiger partial charge in [0.15, 0.2) is 11.3 Å². The van der Waals surface area contributed by atoms with Gasteiger partial charge >= 0.3 is 0 Å². The van der Waals surface area contributed by atoms with E-state index in [4.69, 9.17) is 22.4 Å². The van der Waals surface area contributed by atoms with Crippen LogP contribution in [0.15, 0.2) is 30.6 Å². The van der Waals surface area contributed by atoms with Crippen molar-refractivity contribution in [2.75, 3.05) is 22.5 Å². The second-order valence-electron chi connectivity index (χ2n) is 9.03. The highest BCUT2D eigenvalue weighted by molar-refractivity contribution is 6.29. The van der Waals surface area contributed by atoms with E-state index in [0.29, 0.717) is 34.0 Å². The highest BCUT2D eigenvalue weighted by Gasteiger charge is 2.26. The summed E-state index contributed by atoms with van der Waals surface area (Å²) in [6.07, 6.45) is 8.77. The van der Waals surface area contributed by atoms with Gasteiger partial charge < -0.3 is 27.0 Å². The fraction of sp³-hybridized carbons (Fsp3) is 0.435. The normalized spacial score (nSPS) is 19.8. The van der Waals surface area contributed by atoms with Crippen LogP contribution in [0.2, 0.25) is 5.15 Å². The van der Waals surface area contributed by atoms with E-state index in [9.17, 15) is 9.59 Å². The summed E-state index contributed by atoms with van der Waals surface area (Å²) in [4.78, 5) is 33.0. The molecule has 35 heavy (non-hydrogen) atoms. The summed E-state index contributed by atoms with van der Waals surface area (Å²) in [5, 5.41) is 17.8. The SMILES string of the molecule is NCC(=O)NC1CCC(Nc2cc(NC3CC3)c3ncc(C(=O)Nc4ccnc(Cl)c4)n3n2)CC1. The summed E-state index contributed by atoms with van der Waals surface area (Å²) >= 11 is 5.94. The third-order valence-electron chi connectivity index (χ3n) is 6.25. The van der Waals surface area contributed by atoms with Crippen LogP contribution in [0.5, 0.6) is 0 Å². The van der Waals surface area contributed by atoms with Gasteiger partial charge in [0.05, 0.1) is 18.4 Å². The third kappa shape index (κ3) is 5.63. The van der Waals surface area contributed by atoms with E-state index in [-0.39, 0.29) is 30.4 Å². The van der Waals surface area contributed by atoms with Crippen LogP contribution in [0.25, 0.3) is 5.65 Å². The molecule has 11 nitrogen and oxygen atoms in total. The summed E-state index contributed by atoms with van der Waals surface area (Å²) in [7, 11) is 0. The number of carbonyl (C=O) groups is 2. The minimum atomic E-state index is -0.349. The summed E-state index contributed by atoms with van der Waals surface area (Å²) in [5.74, 6) is 0.191. The maximum atomic E-state index is 13.0. The van der Waals surface area contributed by atoms with Crippen molar-refractivity contribution < 1.29 is 9.59 Å². The van der Waals surface area contributed by atoms with E-state index < -0.39 is 0 Å². The van der Waals surface area contributed by atoms with Crippen LogP contribution >= 0.6 is 11.6 Å². The number of halogens is 1. The topological polar surface area (TPSA) is 151 Å². The lowest BCUT2D eigenvalue weighted by atomic mass is 9.91. The third-order valence-corrected chi connectivity index (χ3v) is 6.46. The number of rotatable bonds is 8. The molecular weight excluding hydrogens is 470 g/mol. The molecule has 0 radical (unpaired) electrons. The van der Waals surface area contributed by atoms with Gasteiger partial charge in [-0.25, -0.2) is 14.5 Å². The van der Waals surface area contributed by atoms with Crippen LogP contribution in [0, 0.1) is 0 Å². The van der Waals surface area contributed by atoms with Gasteiger partial charge in [0.25, 0.3) is 5.91 Å². The average Bonchev–Trinajstić information content (AvgIpc) is 3.55. The predicted molar refractivity (Wildman–Crippen MR) is 134 cm³/mol. The fourth-order valence-electron chi connectivity index (χ4n) is 4.30. The number of fused-ring (bicyclic) bond motifs is 1. The molecule has 184 valence electrons. The Hall–Kier alpha value is -3.44. The number of nitrogens with two attached hydrogens (primary N) is 1. The number of hydrogen-bond acceptors (Lipinski definition) is 8. The number of nitrogens with one attached hydrogen (secondary N) is 4. The van der Waals surface area contributed by atoms with E-state index in [1.54, 1.807) is 16.6 Å². The second-order valence-corrected chi connectivity index (χ2v) is 9.41. The van der Waals surface area contributed by atoms with Gasteiger partial charge in [-0.05, 0) is 50.7 Å². The molecule has 2 aliphatic carbocycles. The molecule has 2 saturated carbocycles. The largest absolute Gasteiger partial charge is 0.379 e. The average molecular weight is 498 g/mol. The first-order valence-electron chi connectivity index (χ1n) is 11.8. The molecule has 0 atom stereocenters. The molecule has 6 N–H and O–H groups in total. The minimum absolute atomic E-state index is 0.00784. The second kappa shape index (κ2) is 10.0. The molecular formula is C23H28ClN9O2. The first kappa shape index (κ1) is 23.3. The van der Waals surface area contributed by atoms with Crippen LogP contribution in [-0.2, 0) is 4.79 Å². The Morgan fingerprint density at radius 3 is 2.46 bits per heavy atom. The lowest BCUT2D eigenvalue weighted by Crippen LogP contribution is -2.42. The first-order valence-corrected chi connectivity index (χ1v) is 12.2. The number of hydrogen-bond donors (Lipinski definition) is 5. The van der Waals surface area contributed by atoms with Crippen LogP contribution < -0.4 is 27.0 Å². The Morgan fingerprint density at radius 1 is 1.03 bits per heavy atom. The van der Waals surface area contributed by atoms with Gasteiger partial charge in [-0.15, -0.1) is 5.10 Å². The lowest BCUT2D eigenvalue weighted by molar-refractivity contribution is -0.120. The Labute approximate surface area is 207 Å². The number of nitrogens with zero attached hydrogens (tertiary/aromatic N) is 4. The van der Waals surface area contributed by atoms with Gasteiger partial charge in [-0.3, -0.25) is 9.59 Å². The fourth-order valence-corrected chi connectivity index (χ4v) is 4.47. The minimum Gasteiger partial charge on any atom is -0.379 e. The lowest BCUT2D eigenvalue weighted by Gasteiger charge is -2.30. The molecule has 0 saturated heterocycles.